The highest BCUT2D eigenvalue weighted by molar-refractivity contribution is 5.97. The van der Waals surface area contributed by atoms with E-state index in [2.05, 4.69) is 5.32 Å². The van der Waals surface area contributed by atoms with Crippen molar-refractivity contribution in [1.29, 1.82) is 0 Å². The Bertz CT molecular complexity index is 500. The van der Waals surface area contributed by atoms with Crippen molar-refractivity contribution in [1.82, 2.24) is 5.32 Å². The number of carboxylic acid groups (broad SMARTS) is 1. The van der Waals surface area contributed by atoms with Crippen LogP contribution >= 0.6 is 0 Å². The van der Waals surface area contributed by atoms with Gasteiger partial charge in [0.25, 0.3) is 5.91 Å². The number of carboxylic acids is 1. The predicted molar refractivity (Wildman–Crippen MR) is 76.2 cm³/mol. The molecule has 5 nitrogen and oxygen atoms in total. The average Bonchev–Trinajstić information content (AvgIpc) is 2.34. The van der Waals surface area contributed by atoms with Crippen LogP contribution in [0, 0.1) is 19.8 Å². The Labute approximate surface area is 118 Å². The first-order valence-corrected chi connectivity index (χ1v) is 6.46. The summed E-state index contributed by atoms with van der Waals surface area (Å²) in [5.41, 5.74) is 2.12. The Morgan fingerprint density at radius 2 is 1.70 bits per heavy atom. The summed E-state index contributed by atoms with van der Waals surface area (Å²) < 4.78 is 5.24. The number of carbonyl (C=O) groups excluding carboxylic acids is 1. The lowest BCUT2D eigenvalue weighted by Gasteiger charge is -2.18. The molecule has 0 aliphatic carbocycles. The van der Waals surface area contributed by atoms with Gasteiger partial charge in [0.1, 0.15) is 11.8 Å². The molecule has 0 unspecified atom stereocenters. The van der Waals surface area contributed by atoms with Crippen LogP contribution in [-0.4, -0.2) is 30.1 Å². The van der Waals surface area contributed by atoms with Gasteiger partial charge in [-0.05, 0) is 43.0 Å². The Balaban J connectivity index is 3.01. The van der Waals surface area contributed by atoms with Gasteiger partial charge >= 0.3 is 5.97 Å². The third-order valence-corrected chi connectivity index (χ3v) is 3.15. The second-order valence-corrected chi connectivity index (χ2v) is 5.18. The fraction of sp³-hybridized carbons (Fsp3) is 0.467. The van der Waals surface area contributed by atoms with E-state index in [0.717, 1.165) is 16.9 Å². The standard InChI is InChI=1S/C15H21NO4/c1-8(2)12(15(18)19)16-14(17)11-6-9(3)13(20-5)10(4)7-11/h6-8,12H,1-5H3,(H,16,17)(H,18,19)/t12-/m1/s1. The number of nitrogens with one attached hydrogen (secondary N) is 1. The number of carbonyl (C=O) groups is 2. The topological polar surface area (TPSA) is 75.6 Å². The Morgan fingerprint density at radius 1 is 1.20 bits per heavy atom. The lowest BCUT2D eigenvalue weighted by atomic mass is 10.0. The molecule has 1 atom stereocenters. The molecule has 1 amide bonds. The zero-order valence-electron chi connectivity index (χ0n) is 12.5. The van der Waals surface area contributed by atoms with Gasteiger partial charge in [0.15, 0.2) is 0 Å². The van der Waals surface area contributed by atoms with Crippen LogP contribution in [0.15, 0.2) is 12.1 Å². The van der Waals surface area contributed by atoms with Gasteiger partial charge in [-0.25, -0.2) is 4.79 Å². The van der Waals surface area contributed by atoms with E-state index in [1.54, 1.807) is 33.1 Å². The van der Waals surface area contributed by atoms with Gasteiger partial charge in [-0.15, -0.1) is 0 Å². The van der Waals surface area contributed by atoms with Gasteiger partial charge in [-0.2, -0.15) is 0 Å². The summed E-state index contributed by atoms with van der Waals surface area (Å²) in [6, 6.07) is 2.49. The van der Waals surface area contributed by atoms with E-state index in [1.807, 2.05) is 13.8 Å². The molecule has 0 heterocycles. The largest absolute Gasteiger partial charge is 0.496 e. The van der Waals surface area contributed by atoms with Crippen LogP contribution < -0.4 is 10.1 Å². The lowest BCUT2D eigenvalue weighted by Crippen LogP contribution is -2.44. The zero-order chi connectivity index (χ0) is 15.4. The van der Waals surface area contributed by atoms with E-state index in [-0.39, 0.29) is 11.8 Å². The first-order valence-electron chi connectivity index (χ1n) is 6.46. The summed E-state index contributed by atoms with van der Waals surface area (Å²) in [7, 11) is 1.58. The molecule has 0 aliphatic rings. The van der Waals surface area contributed by atoms with Crippen LogP contribution in [0.25, 0.3) is 0 Å². The van der Waals surface area contributed by atoms with E-state index in [1.165, 1.54) is 0 Å². The van der Waals surface area contributed by atoms with E-state index in [4.69, 9.17) is 9.84 Å². The summed E-state index contributed by atoms with van der Waals surface area (Å²) in [5, 5.41) is 11.6. The molecule has 0 aromatic heterocycles. The van der Waals surface area contributed by atoms with E-state index < -0.39 is 12.0 Å². The smallest absolute Gasteiger partial charge is 0.326 e. The molecule has 20 heavy (non-hydrogen) atoms. The van der Waals surface area contributed by atoms with Crippen LogP contribution in [0.1, 0.15) is 35.3 Å². The molecule has 0 fully saturated rings. The molecule has 0 radical (unpaired) electrons. The lowest BCUT2D eigenvalue weighted by molar-refractivity contribution is -0.140. The van der Waals surface area contributed by atoms with Crippen LogP contribution in [0.3, 0.4) is 0 Å². The van der Waals surface area contributed by atoms with Crippen molar-refractivity contribution in [2.75, 3.05) is 7.11 Å². The first-order chi connectivity index (χ1) is 9.27. The van der Waals surface area contributed by atoms with E-state index >= 15 is 0 Å². The van der Waals surface area contributed by atoms with Crippen molar-refractivity contribution < 1.29 is 19.4 Å². The van der Waals surface area contributed by atoms with Gasteiger partial charge in [0.05, 0.1) is 7.11 Å². The Kier molecular flexibility index (Phi) is 5.13. The minimum Gasteiger partial charge on any atom is -0.496 e. The summed E-state index contributed by atoms with van der Waals surface area (Å²) in [6.07, 6.45) is 0. The number of rotatable bonds is 5. The molecule has 110 valence electrons. The van der Waals surface area contributed by atoms with Gasteiger partial charge < -0.3 is 15.2 Å². The summed E-state index contributed by atoms with van der Waals surface area (Å²) in [5.74, 6) is -0.868. The molecule has 2 N–H and O–H groups in total. The second-order valence-electron chi connectivity index (χ2n) is 5.18. The quantitative estimate of drug-likeness (QED) is 0.866. The van der Waals surface area contributed by atoms with Crippen molar-refractivity contribution in [3.05, 3.63) is 28.8 Å². The van der Waals surface area contributed by atoms with E-state index in [9.17, 15) is 9.59 Å². The van der Waals surface area contributed by atoms with Gasteiger partial charge in [-0.1, -0.05) is 13.8 Å². The number of methoxy groups -OCH3 is 1. The number of benzene rings is 1. The zero-order valence-corrected chi connectivity index (χ0v) is 12.5. The number of aliphatic carboxylic acids is 1. The van der Waals surface area contributed by atoms with Crippen molar-refractivity contribution in [3.63, 3.8) is 0 Å². The minimum atomic E-state index is -1.03. The third-order valence-electron chi connectivity index (χ3n) is 3.15. The maximum Gasteiger partial charge on any atom is 0.326 e. The molecule has 1 rings (SSSR count). The van der Waals surface area contributed by atoms with Crippen molar-refractivity contribution in [2.24, 2.45) is 5.92 Å². The van der Waals surface area contributed by atoms with Gasteiger partial charge in [0.2, 0.25) is 0 Å². The number of hydrogen-bond donors (Lipinski definition) is 2. The van der Waals surface area contributed by atoms with Crippen LogP contribution in [0.2, 0.25) is 0 Å². The highest BCUT2D eigenvalue weighted by Crippen LogP contribution is 2.24. The molecular weight excluding hydrogens is 258 g/mol. The molecule has 0 saturated heterocycles. The monoisotopic (exact) mass is 279 g/mol. The van der Waals surface area contributed by atoms with E-state index in [0.29, 0.717) is 5.56 Å². The number of hydrogen-bond acceptors (Lipinski definition) is 3. The maximum atomic E-state index is 12.2. The molecule has 1 aromatic rings. The van der Waals surface area contributed by atoms with Gasteiger partial charge in [-0.3, -0.25) is 4.79 Å². The summed E-state index contributed by atoms with van der Waals surface area (Å²) >= 11 is 0. The highest BCUT2D eigenvalue weighted by atomic mass is 16.5. The maximum absolute atomic E-state index is 12.2. The molecule has 0 spiro atoms. The third kappa shape index (κ3) is 3.50. The first kappa shape index (κ1) is 16.0. The second kappa shape index (κ2) is 6.41. The number of aryl methyl sites for hydroxylation is 2. The fourth-order valence-corrected chi connectivity index (χ4v) is 2.14. The Hall–Kier alpha value is -2.04. The summed E-state index contributed by atoms with van der Waals surface area (Å²) in [6.45, 7) is 7.20. The highest BCUT2D eigenvalue weighted by Gasteiger charge is 2.24. The number of ether oxygens (including phenoxy) is 1. The van der Waals surface area contributed by atoms with Crippen LogP contribution in [0.5, 0.6) is 5.75 Å². The molecule has 5 heteroatoms. The SMILES string of the molecule is COc1c(C)cc(C(=O)N[C@@H](C(=O)O)C(C)C)cc1C. The van der Waals surface area contributed by atoms with Crippen molar-refractivity contribution in [3.8, 4) is 5.75 Å². The van der Waals surface area contributed by atoms with Crippen LogP contribution in [0.4, 0.5) is 0 Å². The Morgan fingerprint density at radius 3 is 2.05 bits per heavy atom. The normalized spacial score (nSPS) is 12.1. The molecule has 0 bridgehead atoms. The minimum absolute atomic E-state index is 0.183. The predicted octanol–water partition coefficient (Wildman–Crippen LogP) is 2.15. The molecular formula is C15H21NO4. The van der Waals surface area contributed by atoms with Crippen molar-refractivity contribution in [2.45, 2.75) is 33.7 Å². The number of amides is 1. The van der Waals surface area contributed by atoms with Gasteiger partial charge in [0, 0.05) is 5.56 Å². The van der Waals surface area contributed by atoms with Crippen LogP contribution in [-0.2, 0) is 4.79 Å². The fourth-order valence-electron chi connectivity index (χ4n) is 2.14. The molecule has 0 aliphatic heterocycles. The van der Waals surface area contributed by atoms with Crippen molar-refractivity contribution >= 4 is 11.9 Å². The summed E-state index contributed by atoms with van der Waals surface area (Å²) in [4.78, 5) is 23.3. The average molecular weight is 279 g/mol. The molecule has 0 saturated carbocycles. The molecule has 1 aromatic carbocycles.